The van der Waals surface area contributed by atoms with Gasteiger partial charge in [0.05, 0.1) is 5.02 Å². The summed E-state index contributed by atoms with van der Waals surface area (Å²) in [4.78, 5) is 4.16. The number of hydrogen-bond donors (Lipinski definition) is 1. The Morgan fingerprint density at radius 3 is 3.00 bits per heavy atom. The van der Waals surface area contributed by atoms with Gasteiger partial charge in [0.25, 0.3) is 0 Å². The number of rotatable bonds is 0. The minimum Gasteiger partial charge on any atom is -0.367 e. The standard InChI is InChI=1S/C7H5Br2ClN2/c8-7(9)3-12-6-5(7)4(10)1-2-11-6/h1-2H,3H2,(H,11,12). The van der Waals surface area contributed by atoms with E-state index in [0.29, 0.717) is 0 Å². The Hall–Kier alpha value is 0.200. The first-order valence-electron chi connectivity index (χ1n) is 3.38. The molecule has 12 heavy (non-hydrogen) atoms. The Morgan fingerprint density at radius 2 is 2.33 bits per heavy atom. The molecule has 2 heterocycles. The molecule has 5 heteroatoms. The first kappa shape index (κ1) is 8.78. The summed E-state index contributed by atoms with van der Waals surface area (Å²) in [5.41, 5.74) is 0.978. The molecule has 0 spiro atoms. The second kappa shape index (κ2) is 2.86. The van der Waals surface area contributed by atoms with Gasteiger partial charge in [0.15, 0.2) is 0 Å². The van der Waals surface area contributed by atoms with E-state index in [1.165, 1.54) is 0 Å². The Morgan fingerprint density at radius 1 is 1.58 bits per heavy atom. The number of hydrogen-bond acceptors (Lipinski definition) is 2. The minimum absolute atomic E-state index is 0.263. The third-order valence-corrected chi connectivity index (χ3v) is 3.41. The largest absolute Gasteiger partial charge is 0.367 e. The number of fused-ring (bicyclic) bond motifs is 1. The van der Waals surface area contributed by atoms with Crippen LogP contribution in [0.4, 0.5) is 5.82 Å². The third-order valence-electron chi connectivity index (χ3n) is 1.74. The predicted octanol–water partition coefficient (Wildman–Crippen LogP) is 3.10. The van der Waals surface area contributed by atoms with Gasteiger partial charge >= 0.3 is 0 Å². The van der Waals surface area contributed by atoms with Gasteiger partial charge in [-0.1, -0.05) is 43.5 Å². The maximum absolute atomic E-state index is 6.01. The van der Waals surface area contributed by atoms with Gasteiger partial charge < -0.3 is 5.32 Å². The van der Waals surface area contributed by atoms with E-state index < -0.39 is 0 Å². The van der Waals surface area contributed by atoms with Crippen LogP contribution in [0.25, 0.3) is 0 Å². The summed E-state index contributed by atoms with van der Waals surface area (Å²) in [5, 5.41) is 3.86. The molecule has 1 aliphatic heterocycles. The summed E-state index contributed by atoms with van der Waals surface area (Å²) in [6.07, 6.45) is 1.69. The highest BCUT2D eigenvalue weighted by atomic mass is 79.9. The number of nitrogens with zero attached hydrogens (tertiary/aromatic N) is 1. The molecule has 1 aromatic rings. The van der Waals surface area contributed by atoms with Crippen molar-refractivity contribution in [2.45, 2.75) is 3.23 Å². The number of anilines is 1. The van der Waals surface area contributed by atoms with E-state index >= 15 is 0 Å². The molecule has 0 bridgehead atoms. The monoisotopic (exact) mass is 310 g/mol. The predicted molar refractivity (Wildman–Crippen MR) is 57.3 cm³/mol. The lowest BCUT2D eigenvalue weighted by atomic mass is 10.2. The van der Waals surface area contributed by atoms with Crippen LogP contribution in [-0.4, -0.2) is 11.5 Å². The molecule has 1 N–H and O–H groups in total. The smallest absolute Gasteiger partial charge is 0.133 e. The summed E-state index contributed by atoms with van der Waals surface area (Å²) in [7, 11) is 0. The van der Waals surface area contributed by atoms with E-state index in [9.17, 15) is 0 Å². The van der Waals surface area contributed by atoms with Crippen LogP contribution in [0.2, 0.25) is 5.02 Å². The molecule has 0 radical (unpaired) electrons. The quantitative estimate of drug-likeness (QED) is 0.745. The summed E-state index contributed by atoms with van der Waals surface area (Å²) in [6, 6.07) is 1.78. The number of aromatic nitrogens is 1. The normalized spacial score (nSPS) is 18.6. The molecule has 0 aliphatic carbocycles. The molecular formula is C7H5Br2ClN2. The zero-order valence-corrected chi connectivity index (χ0v) is 9.87. The average Bonchev–Trinajstić information content (AvgIpc) is 2.29. The molecule has 0 saturated heterocycles. The van der Waals surface area contributed by atoms with Gasteiger partial charge in [0.2, 0.25) is 0 Å². The van der Waals surface area contributed by atoms with Crippen LogP contribution in [0.1, 0.15) is 5.56 Å². The minimum atomic E-state index is -0.263. The van der Waals surface area contributed by atoms with Crippen molar-refractivity contribution in [2.24, 2.45) is 0 Å². The van der Waals surface area contributed by atoms with Gasteiger partial charge in [-0.15, -0.1) is 0 Å². The number of halogens is 3. The van der Waals surface area contributed by atoms with Crippen molar-refractivity contribution in [3.05, 3.63) is 22.8 Å². The van der Waals surface area contributed by atoms with Crippen molar-refractivity contribution in [3.63, 3.8) is 0 Å². The Bertz CT molecular complexity index is 327. The second-order valence-corrected chi connectivity index (χ2v) is 6.75. The van der Waals surface area contributed by atoms with Gasteiger partial charge in [0.1, 0.15) is 9.05 Å². The molecule has 1 aliphatic rings. The fraction of sp³-hybridized carbons (Fsp3) is 0.286. The lowest BCUT2D eigenvalue weighted by molar-refractivity contribution is 1.03. The van der Waals surface area contributed by atoms with Gasteiger partial charge in [-0.2, -0.15) is 0 Å². The van der Waals surface area contributed by atoms with Crippen molar-refractivity contribution in [1.82, 2.24) is 4.98 Å². The molecule has 2 rings (SSSR count). The topological polar surface area (TPSA) is 24.9 Å². The summed E-state index contributed by atoms with van der Waals surface area (Å²) >= 11 is 13.1. The Labute approximate surface area is 92.0 Å². The Kier molecular flexibility index (Phi) is 2.09. The summed E-state index contributed by atoms with van der Waals surface area (Å²) < 4.78 is -0.263. The van der Waals surface area contributed by atoms with Crippen LogP contribution in [-0.2, 0) is 3.23 Å². The van der Waals surface area contributed by atoms with E-state index in [0.717, 1.165) is 22.9 Å². The average molecular weight is 312 g/mol. The molecule has 0 unspecified atom stereocenters. The maximum Gasteiger partial charge on any atom is 0.133 e. The highest BCUT2D eigenvalue weighted by Crippen LogP contribution is 2.48. The van der Waals surface area contributed by atoms with Crippen molar-refractivity contribution >= 4 is 49.3 Å². The highest BCUT2D eigenvalue weighted by molar-refractivity contribution is 9.24. The van der Waals surface area contributed by atoms with Crippen LogP contribution in [0.3, 0.4) is 0 Å². The second-order valence-electron chi connectivity index (χ2n) is 2.57. The molecule has 0 fully saturated rings. The SMILES string of the molecule is Clc1ccnc2c1C(Br)(Br)CN2. The fourth-order valence-corrected chi connectivity index (χ4v) is 2.82. The van der Waals surface area contributed by atoms with E-state index in [1.807, 2.05) is 0 Å². The van der Waals surface area contributed by atoms with Gasteiger partial charge in [-0.05, 0) is 6.07 Å². The molecule has 1 aromatic heterocycles. The lowest BCUT2D eigenvalue weighted by Crippen LogP contribution is -2.10. The van der Waals surface area contributed by atoms with Crippen molar-refractivity contribution in [1.29, 1.82) is 0 Å². The van der Waals surface area contributed by atoms with Crippen LogP contribution in [0.5, 0.6) is 0 Å². The lowest BCUT2D eigenvalue weighted by Gasteiger charge is -2.12. The zero-order valence-electron chi connectivity index (χ0n) is 5.94. The van der Waals surface area contributed by atoms with Crippen LogP contribution in [0, 0.1) is 0 Å². The summed E-state index contributed by atoms with van der Waals surface area (Å²) in [5.74, 6) is 0.844. The first-order chi connectivity index (χ1) is 5.61. The fourth-order valence-electron chi connectivity index (χ4n) is 1.20. The third kappa shape index (κ3) is 1.26. The number of alkyl halides is 2. The molecule has 0 aromatic carbocycles. The van der Waals surface area contributed by atoms with Crippen molar-refractivity contribution in [2.75, 3.05) is 11.9 Å². The molecular weight excluding hydrogens is 307 g/mol. The summed E-state index contributed by atoms with van der Waals surface area (Å²) in [6.45, 7) is 0.749. The number of nitrogens with one attached hydrogen (secondary N) is 1. The highest BCUT2D eigenvalue weighted by Gasteiger charge is 2.36. The molecule has 2 nitrogen and oxygen atoms in total. The van der Waals surface area contributed by atoms with E-state index in [4.69, 9.17) is 11.6 Å². The molecule has 0 atom stereocenters. The van der Waals surface area contributed by atoms with E-state index in [-0.39, 0.29) is 3.23 Å². The van der Waals surface area contributed by atoms with E-state index in [1.54, 1.807) is 12.3 Å². The van der Waals surface area contributed by atoms with Gasteiger partial charge in [-0.25, -0.2) is 4.98 Å². The van der Waals surface area contributed by atoms with Crippen LogP contribution >= 0.6 is 43.5 Å². The van der Waals surface area contributed by atoms with E-state index in [2.05, 4.69) is 42.2 Å². The van der Waals surface area contributed by atoms with Gasteiger partial charge in [0, 0.05) is 18.3 Å². The number of pyridine rings is 1. The van der Waals surface area contributed by atoms with Crippen LogP contribution in [0.15, 0.2) is 12.3 Å². The van der Waals surface area contributed by atoms with Crippen molar-refractivity contribution in [3.8, 4) is 0 Å². The Balaban J connectivity index is 2.64. The molecule has 64 valence electrons. The van der Waals surface area contributed by atoms with Crippen molar-refractivity contribution < 1.29 is 0 Å². The molecule has 0 saturated carbocycles. The van der Waals surface area contributed by atoms with Crippen LogP contribution < -0.4 is 5.32 Å². The molecule has 0 amide bonds. The van der Waals surface area contributed by atoms with Gasteiger partial charge in [-0.3, -0.25) is 0 Å². The zero-order chi connectivity index (χ0) is 8.77. The maximum atomic E-state index is 6.01. The first-order valence-corrected chi connectivity index (χ1v) is 5.34.